The molecule has 1 amide bonds. The first-order valence-corrected chi connectivity index (χ1v) is 9.49. The summed E-state index contributed by atoms with van der Waals surface area (Å²) in [5.74, 6) is -0.310. The summed E-state index contributed by atoms with van der Waals surface area (Å²) in [5.41, 5.74) is 8.33. The predicted octanol–water partition coefficient (Wildman–Crippen LogP) is 2.36. The van der Waals surface area contributed by atoms with Gasteiger partial charge in [0.1, 0.15) is 0 Å². The van der Waals surface area contributed by atoms with Gasteiger partial charge in [0.2, 0.25) is 5.91 Å². The molecule has 2 aromatic carbocycles. The number of carbonyl (C=O) groups excluding carboxylic acids is 3. The monoisotopic (exact) mass is 379 g/mol. The van der Waals surface area contributed by atoms with Crippen molar-refractivity contribution in [3.63, 3.8) is 0 Å². The van der Waals surface area contributed by atoms with Crippen molar-refractivity contribution in [3.8, 4) is 0 Å². The molecule has 0 fully saturated rings. The van der Waals surface area contributed by atoms with Gasteiger partial charge in [0.15, 0.2) is 11.6 Å². The first kappa shape index (κ1) is 19.8. The van der Waals surface area contributed by atoms with Gasteiger partial charge in [-0.2, -0.15) is 0 Å². The van der Waals surface area contributed by atoms with Crippen molar-refractivity contribution in [2.45, 2.75) is 26.3 Å². The van der Waals surface area contributed by atoms with Crippen LogP contribution < -0.4 is 16.4 Å². The van der Waals surface area contributed by atoms with Gasteiger partial charge < -0.3 is 16.4 Å². The lowest BCUT2D eigenvalue weighted by molar-refractivity contribution is -0.123. The summed E-state index contributed by atoms with van der Waals surface area (Å²) >= 11 is 0. The molecule has 6 heteroatoms. The zero-order chi connectivity index (χ0) is 20.3. The van der Waals surface area contributed by atoms with Crippen LogP contribution >= 0.6 is 0 Å². The molecule has 3 rings (SSSR count). The molecule has 1 aliphatic carbocycles. The summed E-state index contributed by atoms with van der Waals surface area (Å²) < 4.78 is 0. The van der Waals surface area contributed by atoms with Crippen LogP contribution in [0.15, 0.2) is 42.5 Å². The van der Waals surface area contributed by atoms with Crippen molar-refractivity contribution in [3.05, 3.63) is 64.7 Å². The van der Waals surface area contributed by atoms with Crippen LogP contribution in [0, 0.1) is 5.92 Å². The molecule has 6 nitrogen and oxygen atoms in total. The second-order valence-corrected chi connectivity index (χ2v) is 7.31. The SMILES string of the molecule is CC(C)[C@H](N)C(=O)NCCCNc1ccc2c(c1)C(=O)c1ccccc1C2=O. The molecule has 0 aromatic heterocycles. The molecule has 0 saturated carbocycles. The highest BCUT2D eigenvalue weighted by Crippen LogP contribution is 2.29. The van der Waals surface area contributed by atoms with Gasteiger partial charge in [-0.25, -0.2) is 0 Å². The van der Waals surface area contributed by atoms with Crippen LogP contribution in [0.2, 0.25) is 0 Å². The quantitative estimate of drug-likeness (QED) is 0.547. The van der Waals surface area contributed by atoms with Crippen molar-refractivity contribution in [2.75, 3.05) is 18.4 Å². The highest BCUT2D eigenvalue weighted by atomic mass is 16.2. The molecule has 4 N–H and O–H groups in total. The molecule has 1 aliphatic rings. The molecule has 0 radical (unpaired) electrons. The molecule has 0 heterocycles. The maximum atomic E-state index is 12.7. The largest absolute Gasteiger partial charge is 0.385 e. The van der Waals surface area contributed by atoms with Gasteiger partial charge in [0, 0.05) is 41.0 Å². The lowest BCUT2D eigenvalue weighted by Crippen LogP contribution is -2.44. The minimum Gasteiger partial charge on any atom is -0.385 e. The van der Waals surface area contributed by atoms with E-state index in [9.17, 15) is 14.4 Å². The lowest BCUT2D eigenvalue weighted by atomic mass is 9.84. The van der Waals surface area contributed by atoms with Gasteiger partial charge in [0.25, 0.3) is 0 Å². The van der Waals surface area contributed by atoms with Crippen molar-refractivity contribution in [1.82, 2.24) is 5.32 Å². The van der Waals surface area contributed by atoms with E-state index in [0.717, 1.165) is 5.69 Å². The van der Waals surface area contributed by atoms with Gasteiger partial charge in [-0.15, -0.1) is 0 Å². The fourth-order valence-corrected chi connectivity index (χ4v) is 3.16. The Bertz CT molecular complexity index is 921. The van der Waals surface area contributed by atoms with Crippen LogP contribution in [0.1, 0.15) is 52.1 Å². The number of hydrogen-bond acceptors (Lipinski definition) is 5. The number of nitrogens with one attached hydrogen (secondary N) is 2. The summed E-state index contributed by atoms with van der Waals surface area (Å²) in [6.07, 6.45) is 0.712. The third-order valence-electron chi connectivity index (χ3n) is 4.93. The molecule has 0 aliphatic heterocycles. The summed E-state index contributed by atoms with van der Waals surface area (Å²) in [6.45, 7) is 4.95. The molecule has 146 valence electrons. The van der Waals surface area contributed by atoms with Crippen LogP contribution in [-0.2, 0) is 4.79 Å². The first-order valence-electron chi connectivity index (χ1n) is 9.49. The number of carbonyl (C=O) groups is 3. The van der Waals surface area contributed by atoms with Gasteiger partial charge in [-0.1, -0.05) is 38.1 Å². The molecule has 28 heavy (non-hydrogen) atoms. The number of hydrogen-bond donors (Lipinski definition) is 3. The van der Waals surface area contributed by atoms with Gasteiger partial charge in [-0.3, -0.25) is 14.4 Å². The number of fused-ring (bicyclic) bond motifs is 2. The van der Waals surface area contributed by atoms with Crippen LogP contribution in [0.4, 0.5) is 5.69 Å². The van der Waals surface area contributed by atoms with E-state index < -0.39 is 6.04 Å². The van der Waals surface area contributed by atoms with E-state index in [0.29, 0.717) is 41.8 Å². The fraction of sp³-hybridized carbons (Fsp3) is 0.318. The average Bonchev–Trinajstić information content (AvgIpc) is 2.70. The van der Waals surface area contributed by atoms with E-state index in [1.54, 1.807) is 42.5 Å². The molecule has 0 saturated heterocycles. The molecule has 1 atom stereocenters. The zero-order valence-electron chi connectivity index (χ0n) is 16.1. The predicted molar refractivity (Wildman–Crippen MR) is 109 cm³/mol. The highest BCUT2D eigenvalue weighted by Gasteiger charge is 2.29. The average molecular weight is 379 g/mol. The zero-order valence-corrected chi connectivity index (χ0v) is 16.1. The normalized spacial score (nSPS) is 13.7. The Labute approximate surface area is 164 Å². The number of nitrogens with two attached hydrogens (primary N) is 1. The van der Waals surface area contributed by atoms with Gasteiger partial charge in [-0.05, 0) is 30.5 Å². The van der Waals surface area contributed by atoms with Crippen molar-refractivity contribution < 1.29 is 14.4 Å². The highest BCUT2D eigenvalue weighted by molar-refractivity contribution is 6.28. The molecule has 2 aromatic rings. The number of benzene rings is 2. The topological polar surface area (TPSA) is 101 Å². The maximum absolute atomic E-state index is 12.7. The Kier molecular flexibility index (Phi) is 5.90. The number of rotatable bonds is 7. The molecular weight excluding hydrogens is 354 g/mol. The number of ketones is 2. The van der Waals surface area contributed by atoms with Crippen LogP contribution in [0.5, 0.6) is 0 Å². The second-order valence-electron chi connectivity index (χ2n) is 7.31. The standard InChI is InChI=1S/C22H25N3O3/c1-13(2)19(23)22(28)25-11-5-10-24-14-8-9-17-18(12-14)21(27)16-7-4-3-6-15(16)20(17)26/h3-4,6-9,12-13,19,24H,5,10-11,23H2,1-2H3,(H,25,28)/t19-/m0/s1. The van der Waals surface area contributed by atoms with E-state index in [-0.39, 0.29) is 23.4 Å². The summed E-state index contributed by atoms with van der Waals surface area (Å²) in [7, 11) is 0. The van der Waals surface area contributed by atoms with E-state index in [2.05, 4.69) is 10.6 Å². The Morgan fingerprint density at radius 2 is 1.54 bits per heavy atom. The number of anilines is 1. The first-order chi connectivity index (χ1) is 13.4. The summed E-state index contributed by atoms with van der Waals surface area (Å²) in [5, 5.41) is 6.05. The van der Waals surface area contributed by atoms with E-state index >= 15 is 0 Å². The maximum Gasteiger partial charge on any atom is 0.237 e. The van der Waals surface area contributed by atoms with E-state index in [4.69, 9.17) is 5.73 Å². The Morgan fingerprint density at radius 3 is 2.18 bits per heavy atom. The smallest absolute Gasteiger partial charge is 0.237 e. The van der Waals surface area contributed by atoms with Crippen LogP contribution in [0.3, 0.4) is 0 Å². The molecule has 0 spiro atoms. The van der Waals surface area contributed by atoms with E-state index in [1.165, 1.54) is 0 Å². The molecule has 0 bridgehead atoms. The second kappa shape index (κ2) is 8.35. The molecule has 0 unspecified atom stereocenters. The third kappa shape index (κ3) is 3.97. The minimum absolute atomic E-state index is 0.0963. The van der Waals surface area contributed by atoms with Crippen molar-refractivity contribution >= 4 is 23.2 Å². The van der Waals surface area contributed by atoms with E-state index in [1.807, 2.05) is 13.8 Å². The number of amides is 1. The van der Waals surface area contributed by atoms with Crippen LogP contribution in [-0.4, -0.2) is 36.6 Å². The van der Waals surface area contributed by atoms with Gasteiger partial charge in [0.05, 0.1) is 6.04 Å². The Morgan fingerprint density at radius 1 is 0.929 bits per heavy atom. The lowest BCUT2D eigenvalue weighted by Gasteiger charge is -2.18. The summed E-state index contributed by atoms with van der Waals surface area (Å²) in [6, 6.07) is 11.6. The van der Waals surface area contributed by atoms with Crippen molar-refractivity contribution in [2.24, 2.45) is 11.7 Å². The van der Waals surface area contributed by atoms with Crippen molar-refractivity contribution in [1.29, 1.82) is 0 Å². The third-order valence-corrected chi connectivity index (χ3v) is 4.93. The fourth-order valence-electron chi connectivity index (χ4n) is 3.16. The van der Waals surface area contributed by atoms with Crippen LogP contribution in [0.25, 0.3) is 0 Å². The Balaban J connectivity index is 1.58. The molecular formula is C22H25N3O3. The van der Waals surface area contributed by atoms with Gasteiger partial charge >= 0.3 is 0 Å². The summed E-state index contributed by atoms with van der Waals surface area (Å²) in [4.78, 5) is 37.2. The minimum atomic E-state index is -0.500. The Hall–Kier alpha value is -2.99.